The molecule has 19 heavy (non-hydrogen) atoms. The number of rotatable bonds is 7. The number of unbranched alkanes of at least 4 members (excludes halogenated alkanes) is 4. The minimum Gasteiger partial charge on any atom is -0.381 e. The van der Waals surface area contributed by atoms with E-state index >= 15 is 0 Å². The predicted octanol–water partition coefficient (Wildman–Crippen LogP) is 5.58. The fraction of sp³-hybridized carbons (Fsp3) is 1.00. The average molecular weight is 266 g/mol. The van der Waals surface area contributed by atoms with Gasteiger partial charge in [-0.2, -0.15) is 0 Å². The van der Waals surface area contributed by atoms with Crippen LogP contribution in [0.5, 0.6) is 0 Å². The fourth-order valence-electron chi connectivity index (χ4n) is 4.46. The van der Waals surface area contributed by atoms with Gasteiger partial charge in [-0.3, -0.25) is 0 Å². The van der Waals surface area contributed by atoms with Crippen LogP contribution in [0, 0.1) is 17.8 Å². The normalized spacial score (nSPS) is 35.1. The van der Waals surface area contributed by atoms with E-state index in [0.29, 0.717) is 6.10 Å². The molecule has 1 nitrogen and oxygen atoms in total. The Balaban J connectivity index is 1.63. The van der Waals surface area contributed by atoms with Crippen LogP contribution in [0.3, 0.4) is 0 Å². The lowest BCUT2D eigenvalue weighted by Crippen LogP contribution is -2.33. The molecule has 4 unspecified atom stereocenters. The van der Waals surface area contributed by atoms with Gasteiger partial charge in [0.15, 0.2) is 0 Å². The quantitative estimate of drug-likeness (QED) is 0.547. The predicted molar refractivity (Wildman–Crippen MR) is 82.3 cm³/mol. The zero-order valence-electron chi connectivity index (χ0n) is 13.2. The van der Waals surface area contributed by atoms with E-state index in [1.165, 1.54) is 77.0 Å². The summed E-state index contributed by atoms with van der Waals surface area (Å²) in [7, 11) is 1.90. The molecule has 2 rings (SSSR count). The fourth-order valence-corrected chi connectivity index (χ4v) is 4.46. The maximum atomic E-state index is 5.57. The maximum absolute atomic E-state index is 5.57. The van der Waals surface area contributed by atoms with Gasteiger partial charge < -0.3 is 4.74 Å². The Morgan fingerprint density at radius 1 is 0.842 bits per heavy atom. The van der Waals surface area contributed by atoms with Crippen LogP contribution in [-0.2, 0) is 4.74 Å². The molecular weight excluding hydrogens is 232 g/mol. The van der Waals surface area contributed by atoms with Crippen LogP contribution in [0.1, 0.15) is 84.0 Å². The van der Waals surface area contributed by atoms with Crippen molar-refractivity contribution >= 4 is 0 Å². The van der Waals surface area contributed by atoms with E-state index < -0.39 is 0 Å². The van der Waals surface area contributed by atoms with E-state index in [2.05, 4.69) is 6.92 Å². The summed E-state index contributed by atoms with van der Waals surface area (Å²) in [5, 5.41) is 0. The van der Waals surface area contributed by atoms with Crippen LogP contribution >= 0.6 is 0 Å². The molecule has 0 N–H and O–H groups in total. The summed E-state index contributed by atoms with van der Waals surface area (Å²) in [4.78, 5) is 0. The van der Waals surface area contributed by atoms with Crippen molar-refractivity contribution in [1.29, 1.82) is 0 Å². The molecule has 0 bridgehead atoms. The summed E-state index contributed by atoms with van der Waals surface area (Å²) in [5.41, 5.74) is 0. The maximum Gasteiger partial charge on any atom is 0.0574 e. The summed E-state index contributed by atoms with van der Waals surface area (Å²) in [6.07, 6.45) is 18.0. The molecule has 0 aliphatic heterocycles. The third kappa shape index (κ3) is 4.77. The third-order valence-corrected chi connectivity index (χ3v) is 5.72. The van der Waals surface area contributed by atoms with Crippen molar-refractivity contribution in [3.05, 3.63) is 0 Å². The lowest BCUT2D eigenvalue weighted by molar-refractivity contribution is 0.00541. The van der Waals surface area contributed by atoms with Gasteiger partial charge in [-0.15, -0.1) is 0 Å². The van der Waals surface area contributed by atoms with Crippen LogP contribution in [0.25, 0.3) is 0 Å². The summed E-state index contributed by atoms with van der Waals surface area (Å²) in [5.74, 6) is 3.10. The van der Waals surface area contributed by atoms with Crippen LogP contribution in [0.2, 0.25) is 0 Å². The molecule has 0 aromatic rings. The molecular formula is C18H34O. The number of fused-ring (bicyclic) bond motifs is 1. The summed E-state index contributed by atoms with van der Waals surface area (Å²) >= 11 is 0. The minimum atomic E-state index is 0.576. The molecule has 2 fully saturated rings. The highest BCUT2D eigenvalue weighted by Crippen LogP contribution is 2.44. The minimum absolute atomic E-state index is 0.576. The van der Waals surface area contributed by atoms with Gasteiger partial charge in [-0.05, 0) is 49.9 Å². The first-order valence-corrected chi connectivity index (χ1v) is 8.86. The highest BCUT2D eigenvalue weighted by molar-refractivity contribution is 4.86. The average Bonchev–Trinajstić information content (AvgIpc) is 2.46. The van der Waals surface area contributed by atoms with Gasteiger partial charge in [0.2, 0.25) is 0 Å². The molecule has 4 atom stereocenters. The topological polar surface area (TPSA) is 9.23 Å². The second-order valence-electron chi connectivity index (χ2n) is 7.07. The van der Waals surface area contributed by atoms with E-state index in [0.717, 1.165) is 17.8 Å². The van der Waals surface area contributed by atoms with Crippen LogP contribution in [-0.4, -0.2) is 13.2 Å². The second-order valence-corrected chi connectivity index (χ2v) is 7.07. The highest BCUT2D eigenvalue weighted by atomic mass is 16.5. The number of methoxy groups -OCH3 is 1. The molecule has 0 radical (unpaired) electrons. The van der Waals surface area contributed by atoms with Crippen LogP contribution in [0.4, 0.5) is 0 Å². The van der Waals surface area contributed by atoms with Gasteiger partial charge in [-0.25, -0.2) is 0 Å². The molecule has 0 amide bonds. The molecule has 2 saturated carbocycles. The van der Waals surface area contributed by atoms with Gasteiger partial charge in [0.25, 0.3) is 0 Å². The highest BCUT2D eigenvalue weighted by Gasteiger charge is 2.35. The molecule has 0 spiro atoms. The first-order chi connectivity index (χ1) is 9.33. The third-order valence-electron chi connectivity index (χ3n) is 5.72. The molecule has 0 saturated heterocycles. The zero-order chi connectivity index (χ0) is 13.5. The van der Waals surface area contributed by atoms with Crippen molar-refractivity contribution in [2.45, 2.75) is 90.1 Å². The van der Waals surface area contributed by atoms with Crippen molar-refractivity contribution < 1.29 is 4.74 Å². The van der Waals surface area contributed by atoms with Crippen molar-refractivity contribution in [3.63, 3.8) is 0 Å². The molecule has 0 heterocycles. The summed E-state index contributed by atoms with van der Waals surface area (Å²) in [6, 6.07) is 0. The number of hydrogen-bond donors (Lipinski definition) is 0. The standard InChI is InChI=1S/C18H34O/c1-3-4-5-6-7-8-15-9-10-17-14-18(19-2)12-11-16(17)13-15/h15-18H,3-14H2,1-2H3. The van der Waals surface area contributed by atoms with Gasteiger partial charge in [-0.1, -0.05) is 51.9 Å². The lowest BCUT2D eigenvalue weighted by Gasteiger charge is -2.41. The van der Waals surface area contributed by atoms with E-state index in [1.54, 1.807) is 0 Å². The first-order valence-electron chi connectivity index (χ1n) is 8.86. The Kier molecular flexibility index (Phi) is 6.70. The van der Waals surface area contributed by atoms with Gasteiger partial charge >= 0.3 is 0 Å². The van der Waals surface area contributed by atoms with Crippen molar-refractivity contribution in [1.82, 2.24) is 0 Å². The SMILES string of the molecule is CCCCCCCC1CCC2CC(OC)CCC2C1. The lowest BCUT2D eigenvalue weighted by atomic mass is 9.66. The van der Waals surface area contributed by atoms with Crippen molar-refractivity contribution in [2.75, 3.05) is 7.11 Å². The van der Waals surface area contributed by atoms with E-state index in [4.69, 9.17) is 4.74 Å². The smallest absolute Gasteiger partial charge is 0.0574 e. The van der Waals surface area contributed by atoms with Crippen LogP contribution < -0.4 is 0 Å². The molecule has 1 heteroatoms. The Hall–Kier alpha value is -0.0400. The van der Waals surface area contributed by atoms with Crippen molar-refractivity contribution in [3.8, 4) is 0 Å². The van der Waals surface area contributed by atoms with Gasteiger partial charge in [0, 0.05) is 7.11 Å². The molecule has 2 aliphatic rings. The number of hydrogen-bond acceptors (Lipinski definition) is 1. The van der Waals surface area contributed by atoms with E-state index in [9.17, 15) is 0 Å². The Morgan fingerprint density at radius 3 is 2.37 bits per heavy atom. The second kappa shape index (κ2) is 8.29. The van der Waals surface area contributed by atoms with Gasteiger partial charge in [0.1, 0.15) is 0 Å². The largest absolute Gasteiger partial charge is 0.381 e. The van der Waals surface area contributed by atoms with Gasteiger partial charge in [0.05, 0.1) is 6.10 Å². The zero-order valence-corrected chi connectivity index (χ0v) is 13.2. The molecule has 2 aliphatic carbocycles. The van der Waals surface area contributed by atoms with E-state index in [1.807, 2.05) is 7.11 Å². The Bertz CT molecular complexity index is 236. The Labute approximate surface area is 120 Å². The molecule has 112 valence electrons. The van der Waals surface area contributed by atoms with Crippen molar-refractivity contribution in [2.24, 2.45) is 17.8 Å². The first kappa shape index (κ1) is 15.4. The monoisotopic (exact) mass is 266 g/mol. The Morgan fingerprint density at radius 2 is 1.58 bits per heavy atom. The molecule has 0 aromatic carbocycles. The number of ether oxygens (including phenoxy) is 1. The van der Waals surface area contributed by atoms with Crippen LogP contribution in [0.15, 0.2) is 0 Å². The molecule has 0 aromatic heterocycles. The summed E-state index contributed by atoms with van der Waals surface area (Å²) in [6.45, 7) is 2.30. The van der Waals surface area contributed by atoms with E-state index in [-0.39, 0.29) is 0 Å². The summed E-state index contributed by atoms with van der Waals surface area (Å²) < 4.78 is 5.57.